The fourth-order valence-electron chi connectivity index (χ4n) is 1.85. The summed E-state index contributed by atoms with van der Waals surface area (Å²) in [5.74, 6) is -0.309. The largest absolute Gasteiger partial charge is 0.267 e. The molecule has 7 nitrogen and oxygen atoms in total. The monoisotopic (exact) mass is 359 g/mol. The van der Waals surface area contributed by atoms with Gasteiger partial charge in [0.2, 0.25) is 15.3 Å². The maximum absolute atomic E-state index is 12.1. The molecule has 0 aromatic carbocycles. The molecule has 1 N–H and O–H groups in total. The van der Waals surface area contributed by atoms with Crippen LogP contribution in [0.3, 0.4) is 0 Å². The first-order valence-electron chi connectivity index (χ1n) is 5.60. The summed E-state index contributed by atoms with van der Waals surface area (Å²) in [6, 6.07) is 1.23. The average molecular weight is 360 g/mol. The van der Waals surface area contributed by atoms with Crippen LogP contribution in [0.1, 0.15) is 12.8 Å². The lowest BCUT2D eigenvalue weighted by Gasteiger charge is -2.22. The van der Waals surface area contributed by atoms with Crippen molar-refractivity contribution in [2.45, 2.75) is 18.1 Å². The standard InChI is InChI=1S/C9H11Cl2N3O4S2/c10-7-5-8(13-9(11)12-7)14-20(17,18)6-1-3-19(15,16)4-2-6/h5-6H,1-4H2,(H,12,13,14). The van der Waals surface area contributed by atoms with Gasteiger partial charge in [-0.05, 0) is 24.4 Å². The van der Waals surface area contributed by atoms with Crippen LogP contribution in [0.5, 0.6) is 0 Å². The van der Waals surface area contributed by atoms with Gasteiger partial charge in [-0.15, -0.1) is 0 Å². The van der Waals surface area contributed by atoms with Crippen LogP contribution >= 0.6 is 23.2 Å². The molecular formula is C9H11Cl2N3O4S2. The SMILES string of the molecule is O=S1(=O)CCC(S(=O)(=O)Nc2cc(Cl)nc(Cl)n2)CC1. The molecule has 1 fully saturated rings. The van der Waals surface area contributed by atoms with Crippen molar-refractivity contribution < 1.29 is 16.8 Å². The van der Waals surface area contributed by atoms with Gasteiger partial charge in [0.15, 0.2) is 0 Å². The molecule has 0 unspecified atom stereocenters. The van der Waals surface area contributed by atoms with Gasteiger partial charge >= 0.3 is 0 Å². The van der Waals surface area contributed by atoms with Crippen LogP contribution in [0.25, 0.3) is 0 Å². The van der Waals surface area contributed by atoms with E-state index in [-0.39, 0.29) is 40.6 Å². The average Bonchev–Trinajstić information content (AvgIpc) is 2.25. The highest BCUT2D eigenvalue weighted by Gasteiger charge is 2.33. The van der Waals surface area contributed by atoms with Crippen molar-refractivity contribution in [2.24, 2.45) is 0 Å². The van der Waals surface area contributed by atoms with Gasteiger partial charge in [0.05, 0.1) is 16.8 Å². The molecule has 1 aromatic heterocycles. The normalized spacial score (nSPS) is 19.7. The van der Waals surface area contributed by atoms with Gasteiger partial charge in [0, 0.05) is 6.07 Å². The molecule has 1 saturated heterocycles. The van der Waals surface area contributed by atoms with E-state index in [1.54, 1.807) is 0 Å². The summed E-state index contributed by atoms with van der Waals surface area (Å²) in [6.45, 7) is 0. The Morgan fingerprint density at radius 2 is 1.80 bits per heavy atom. The summed E-state index contributed by atoms with van der Waals surface area (Å²) in [6.07, 6.45) is 0.119. The molecule has 1 aliphatic heterocycles. The van der Waals surface area contributed by atoms with Gasteiger partial charge in [-0.3, -0.25) is 4.72 Å². The van der Waals surface area contributed by atoms with Gasteiger partial charge in [-0.2, -0.15) is 4.98 Å². The Morgan fingerprint density at radius 3 is 2.35 bits per heavy atom. The molecule has 0 aliphatic carbocycles. The Morgan fingerprint density at radius 1 is 1.20 bits per heavy atom. The van der Waals surface area contributed by atoms with E-state index in [4.69, 9.17) is 23.2 Å². The van der Waals surface area contributed by atoms with Crippen molar-refractivity contribution in [3.63, 3.8) is 0 Å². The van der Waals surface area contributed by atoms with E-state index in [1.807, 2.05) is 0 Å². The van der Waals surface area contributed by atoms with Crippen LogP contribution in [-0.4, -0.2) is 43.6 Å². The fraction of sp³-hybridized carbons (Fsp3) is 0.556. The van der Waals surface area contributed by atoms with E-state index in [0.717, 1.165) is 0 Å². The van der Waals surface area contributed by atoms with Crippen LogP contribution in [0.2, 0.25) is 10.4 Å². The number of sulfonamides is 1. The third-order valence-corrected chi connectivity index (χ3v) is 6.78. The van der Waals surface area contributed by atoms with Gasteiger partial charge in [-0.1, -0.05) is 11.6 Å². The molecule has 1 aromatic rings. The number of halogens is 2. The lowest BCUT2D eigenvalue weighted by atomic mass is 10.2. The predicted molar refractivity (Wildman–Crippen MR) is 76.3 cm³/mol. The molecule has 2 rings (SSSR count). The highest BCUT2D eigenvalue weighted by Crippen LogP contribution is 2.22. The van der Waals surface area contributed by atoms with E-state index in [2.05, 4.69) is 14.7 Å². The molecule has 20 heavy (non-hydrogen) atoms. The molecule has 0 bridgehead atoms. The lowest BCUT2D eigenvalue weighted by molar-refractivity contribution is 0.555. The Kier molecular flexibility index (Phi) is 4.43. The summed E-state index contributed by atoms with van der Waals surface area (Å²) in [5.41, 5.74) is 0. The summed E-state index contributed by atoms with van der Waals surface area (Å²) in [4.78, 5) is 7.31. The molecule has 0 spiro atoms. The second-order valence-electron chi connectivity index (χ2n) is 4.34. The highest BCUT2D eigenvalue weighted by molar-refractivity contribution is 7.94. The maximum Gasteiger partial charge on any atom is 0.236 e. The Balaban J connectivity index is 2.15. The number of sulfone groups is 1. The quantitative estimate of drug-likeness (QED) is 0.639. The van der Waals surface area contributed by atoms with E-state index in [1.165, 1.54) is 6.07 Å². The topological polar surface area (TPSA) is 106 Å². The summed E-state index contributed by atoms with van der Waals surface area (Å²) in [7, 11) is -6.86. The first kappa shape index (κ1) is 15.7. The zero-order chi connectivity index (χ0) is 15.0. The lowest BCUT2D eigenvalue weighted by Crippen LogP contribution is -2.36. The molecule has 0 amide bonds. The molecular weight excluding hydrogens is 349 g/mol. The minimum Gasteiger partial charge on any atom is -0.267 e. The predicted octanol–water partition coefficient (Wildman–Crippen LogP) is 1.10. The Labute approximate surface area is 126 Å². The highest BCUT2D eigenvalue weighted by atomic mass is 35.5. The third-order valence-electron chi connectivity index (χ3n) is 2.85. The van der Waals surface area contributed by atoms with Crippen LogP contribution in [-0.2, 0) is 19.9 Å². The molecule has 11 heteroatoms. The molecule has 0 radical (unpaired) electrons. The molecule has 0 atom stereocenters. The van der Waals surface area contributed by atoms with Crippen LogP contribution in [0.4, 0.5) is 5.82 Å². The number of aromatic nitrogens is 2. The van der Waals surface area contributed by atoms with Crippen molar-refractivity contribution in [2.75, 3.05) is 16.2 Å². The van der Waals surface area contributed by atoms with Gasteiger partial charge in [0.25, 0.3) is 0 Å². The number of hydrogen-bond acceptors (Lipinski definition) is 6. The molecule has 0 saturated carbocycles. The number of hydrogen-bond donors (Lipinski definition) is 1. The number of nitrogens with one attached hydrogen (secondary N) is 1. The van der Waals surface area contributed by atoms with Crippen LogP contribution in [0.15, 0.2) is 6.07 Å². The summed E-state index contributed by atoms with van der Waals surface area (Å²) < 4.78 is 49.1. The minimum absolute atomic E-state index is 0.00826. The molecule has 2 heterocycles. The summed E-state index contributed by atoms with van der Waals surface area (Å²) >= 11 is 11.2. The van der Waals surface area contributed by atoms with Gasteiger partial charge < -0.3 is 0 Å². The number of nitrogens with zero attached hydrogens (tertiary/aromatic N) is 2. The van der Waals surface area contributed by atoms with Gasteiger partial charge in [-0.25, -0.2) is 21.8 Å². The van der Waals surface area contributed by atoms with Crippen molar-refractivity contribution >= 4 is 48.9 Å². The fourth-order valence-corrected chi connectivity index (χ4v) is 5.47. The number of anilines is 1. The van der Waals surface area contributed by atoms with Crippen LogP contribution < -0.4 is 4.72 Å². The van der Waals surface area contributed by atoms with Crippen molar-refractivity contribution in [1.29, 1.82) is 0 Å². The van der Waals surface area contributed by atoms with E-state index in [0.29, 0.717) is 0 Å². The Hall–Kier alpha value is -0.640. The second-order valence-corrected chi connectivity index (χ2v) is 9.33. The zero-order valence-corrected chi connectivity index (χ0v) is 13.2. The van der Waals surface area contributed by atoms with Crippen molar-refractivity contribution in [1.82, 2.24) is 9.97 Å². The minimum atomic E-state index is -3.74. The second kappa shape index (κ2) is 5.63. The first-order valence-corrected chi connectivity index (χ1v) is 9.72. The third kappa shape index (κ3) is 3.94. The van der Waals surface area contributed by atoms with Crippen molar-refractivity contribution in [3.05, 3.63) is 16.5 Å². The summed E-state index contributed by atoms with van der Waals surface area (Å²) in [5, 5.41) is -0.950. The number of rotatable bonds is 3. The molecule has 112 valence electrons. The first-order chi connectivity index (χ1) is 9.18. The van der Waals surface area contributed by atoms with Crippen molar-refractivity contribution in [3.8, 4) is 0 Å². The molecule has 1 aliphatic rings. The van der Waals surface area contributed by atoms with Gasteiger partial charge in [0.1, 0.15) is 20.8 Å². The Bertz CT molecular complexity index is 686. The zero-order valence-electron chi connectivity index (χ0n) is 10.1. The van der Waals surface area contributed by atoms with E-state index < -0.39 is 25.1 Å². The smallest absolute Gasteiger partial charge is 0.236 e. The van der Waals surface area contributed by atoms with E-state index in [9.17, 15) is 16.8 Å². The maximum atomic E-state index is 12.1. The van der Waals surface area contributed by atoms with Crippen LogP contribution in [0, 0.1) is 0 Å². The van der Waals surface area contributed by atoms with E-state index >= 15 is 0 Å².